The number of amides is 2. The van der Waals surface area contributed by atoms with Crippen molar-refractivity contribution in [1.82, 2.24) is 9.88 Å². The number of carbonyl (C=O) groups is 1. The van der Waals surface area contributed by atoms with Crippen molar-refractivity contribution in [3.8, 4) is 0 Å². The maximum Gasteiger partial charge on any atom is 0.419 e. The zero-order valence-electron chi connectivity index (χ0n) is 14.6. The van der Waals surface area contributed by atoms with Gasteiger partial charge in [0.05, 0.1) is 11.1 Å². The van der Waals surface area contributed by atoms with Crippen LogP contribution in [-0.2, 0) is 11.8 Å². The first kappa shape index (κ1) is 16.6. The molecule has 1 fully saturated rings. The third-order valence-corrected chi connectivity index (χ3v) is 5.63. The first-order chi connectivity index (χ1) is 11.2. The Morgan fingerprint density at radius 1 is 1.38 bits per heavy atom. The lowest BCUT2D eigenvalue weighted by molar-refractivity contribution is -0.177. The molecule has 1 saturated carbocycles. The number of anilines is 1. The third kappa shape index (κ3) is 2.39. The van der Waals surface area contributed by atoms with Gasteiger partial charge in [-0.2, -0.15) is 0 Å². The highest BCUT2D eigenvalue weighted by atomic mass is 16.5. The molecule has 2 amide bonds. The molecule has 130 valence electrons. The van der Waals surface area contributed by atoms with E-state index in [0.717, 1.165) is 6.42 Å². The fraction of sp³-hybridized carbons (Fsp3) is 0.529. The van der Waals surface area contributed by atoms with Gasteiger partial charge in [0.2, 0.25) is 0 Å². The summed E-state index contributed by atoms with van der Waals surface area (Å²) in [6.45, 7) is 6.21. The monoisotopic (exact) mass is 333 g/mol. The SMILES string of the molecule is CO[C@]1(C)C[C@@H](NC(=O)Nc2ccc3c(c2)oc(=O)n3C)C1(C)C. The van der Waals surface area contributed by atoms with Crippen molar-refractivity contribution < 1.29 is 13.9 Å². The van der Waals surface area contributed by atoms with Crippen LogP contribution in [0.5, 0.6) is 0 Å². The summed E-state index contributed by atoms with van der Waals surface area (Å²) in [5.74, 6) is -0.429. The molecule has 7 heteroatoms. The Labute approximate surface area is 140 Å². The average molecular weight is 333 g/mol. The van der Waals surface area contributed by atoms with Crippen LogP contribution in [0.4, 0.5) is 10.5 Å². The molecule has 1 aliphatic rings. The van der Waals surface area contributed by atoms with E-state index in [0.29, 0.717) is 16.8 Å². The predicted molar refractivity (Wildman–Crippen MR) is 91.2 cm³/mol. The minimum atomic E-state index is -0.429. The van der Waals surface area contributed by atoms with Gasteiger partial charge in [0.25, 0.3) is 0 Å². The Morgan fingerprint density at radius 2 is 2.08 bits per heavy atom. The number of aryl methyl sites for hydroxylation is 1. The van der Waals surface area contributed by atoms with E-state index < -0.39 is 5.76 Å². The number of oxazole rings is 1. The summed E-state index contributed by atoms with van der Waals surface area (Å²) in [6, 6.07) is 4.86. The molecule has 0 saturated heterocycles. The van der Waals surface area contributed by atoms with Crippen LogP contribution in [0.1, 0.15) is 27.2 Å². The fourth-order valence-electron chi connectivity index (χ4n) is 3.26. The zero-order valence-corrected chi connectivity index (χ0v) is 14.6. The van der Waals surface area contributed by atoms with Crippen molar-refractivity contribution in [2.24, 2.45) is 12.5 Å². The van der Waals surface area contributed by atoms with Crippen LogP contribution in [0.2, 0.25) is 0 Å². The van der Waals surface area contributed by atoms with Gasteiger partial charge >= 0.3 is 11.8 Å². The van der Waals surface area contributed by atoms with Crippen LogP contribution in [-0.4, -0.2) is 29.4 Å². The summed E-state index contributed by atoms with van der Waals surface area (Å²) in [7, 11) is 3.33. The lowest BCUT2D eigenvalue weighted by Gasteiger charge is -2.59. The van der Waals surface area contributed by atoms with Crippen LogP contribution >= 0.6 is 0 Å². The number of aromatic nitrogens is 1. The van der Waals surface area contributed by atoms with Gasteiger partial charge < -0.3 is 19.8 Å². The van der Waals surface area contributed by atoms with Gasteiger partial charge in [-0.3, -0.25) is 4.57 Å². The molecule has 0 bridgehead atoms. The molecule has 2 aromatic rings. The molecular weight excluding hydrogens is 310 g/mol. The number of methoxy groups -OCH3 is 1. The summed E-state index contributed by atoms with van der Waals surface area (Å²) in [6.07, 6.45) is 0.760. The van der Waals surface area contributed by atoms with E-state index in [9.17, 15) is 9.59 Å². The highest BCUT2D eigenvalue weighted by Gasteiger charge is 2.58. The van der Waals surface area contributed by atoms with E-state index in [-0.39, 0.29) is 23.1 Å². The minimum Gasteiger partial charge on any atom is -0.408 e. The van der Waals surface area contributed by atoms with E-state index in [1.807, 2.05) is 0 Å². The highest BCUT2D eigenvalue weighted by molar-refractivity contribution is 5.91. The molecule has 2 atom stereocenters. The molecule has 0 aliphatic heterocycles. The van der Waals surface area contributed by atoms with Crippen LogP contribution in [0.25, 0.3) is 11.1 Å². The van der Waals surface area contributed by atoms with E-state index in [1.165, 1.54) is 4.57 Å². The van der Waals surface area contributed by atoms with Gasteiger partial charge in [-0.05, 0) is 25.5 Å². The van der Waals surface area contributed by atoms with Crippen molar-refractivity contribution in [2.45, 2.75) is 38.8 Å². The molecule has 3 rings (SSSR count). The zero-order chi connectivity index (χ0) is 17.7. The molecule has 1 aromatic carbocycles. The van der Waals surface area contributed by atoms with Gasteiger partial charge in [-0.1, -0.05) is 13.8 Å². The standard InChI is InChI=1S/C17H23N3O4/c1-16(2)13(9-17(16,3)23-5)19-14(21)18-10-6-7-11-12(8-10)24-15(22)20(11)4/h6-8,13H,9H2,1-5H3,(H2,18,19,21)/t13-,17-/m1/s1. The largest absolute Gasteiger partial charge is 0.419 e. The summed E-state index contributed by atoms with van der Waals surface area (Å²) >= 11 is 0. The third-order valence-electron chi connectivity index (χ3n) is 5.63. The van der Waals surface area contributed by atoms with Crippen molar-refractivity contribution in [2.75, 3.05) is 12.4 Å². The summed E-state index contributed by atoms with van der Waals surface area (Å²) in [5.41, 5.74) is 1.30. The van der Waals surface area contributed by atoms with Crippen LogP contribution in [0.15, 0.2) is 27.4 Å². The quantitative estimate of drug-likeness (QED) is 0.903. The van der Waals surface area contributed by atoms with Crippen molar-refractivity contribution in [3.63, 3.8) is 0 Å². The minimum absolute atomic E-state index is 0.0286. The number of hydrogen-bond donors (Lipinski definition) is 2. The molecule has 0 unspecified atom stereocenters. The maximum atomic E-state index is 12.3. The molecule has 1 aliphatic carbocycles. The van der Waals surface area contributed by atoms with E-state index in [2.05, 4.69) is 31.4 Å². The molecule has 0 radical (unpaired) electrons. The second-order valence-corrected chi connectivity index (χ2v) is 7.12. The lowest BCUT2D eigenvalue weighted by Crippen LogP contribution is -2.68. The number of nitrogens with zero attached hydrogens (tertiary/aromatic N) is 1. The Morgan fingerprint density at radius 3 is 2.71 bits per heavy atom. The smallest absolute Gasteiger partial charge is 0.408 e. The summed E-state index contributed by atoms with van der Waals surface area (Å²) < 4.78 is 12.1. The molecular formula is C17H23N3O4. The normalized spacial score (nSPS) is 25.3. The number of carbonyl (C=O) groups excluding carboxylic acids is 1. The number of nitrogens with one attached hydrogen (secondary N) is 2. The van der Waals surface area contributed by atoms with Gasteiger partial charge in [0.15, 0.2) is 5.58 Å². The van der Waals surface area contributed by atoms with E-state index in [4.69, 9.17) is 9.15 Å². The molecule has 2 N–H and O–H groups in total. The first-order valence-corrected chi connectivity index (χ1v) is 7.90. The molecule has 0 spiro atoms. The van der Waals surface area contributed by atoms with Gasteiger partial charge in [-0.15, -0.1) is 0 Å². The van der Waals surface area contributed by atoms with E-state index >= 15 is 0 Å². The second kappa shape index (κ2) is 5.37. The fourth-order valence-corrected chi connectivity index (χ4v) is 3.26. The molecule has 24 heavy (non-hydrogen) atoms. The topological polar surface area (TPSA) is 85.5 Å². The molecule has 7 nitrogen and oxygen atoms in total. The molecule has 1 heterocycles. The lowest BCUT2D eigenvalue weighted by atomic mass is 9.56. The number of fused-ring (bicyclic) bond motifs is 1. The van der Waals surface area contributed by atoms with Gasteiger partial charge in [0.1, 0.15) is 0 Å². The second-order valence-electron chi connectivity index (χ2n) is 7.12. The summed E-state index contributed by atoms with van der Waals surface area (Å²) in [5, 5.41) is 5.76. The van der Waals surface area contributed by atoms with Crippen LogP contribution in [0, 0.1) is 5.41 Å². The first-order valence-electron chi connectivity index (χ1n) is 7.90. The number of rotatable bonds is 3. The Bertz CT molecular complexity index is 851. The average Bonchev–Trinajstić information content (AvgIpc) is 2.80. The van der Waals surface area contributed by atoms with Crippen molar-refractivity contribution in [1.29, 1.82) is 0 Å². The van der Waals surface area contributed by atoms with Gasteiger partial charge in [-0.25, -0.2) is 9.59 Å². The number of urea groups is 1. The Balaban J connectivity index is 1.69. The number of ether oxygens (including phenoxy) is 1. The Kier molecular flexibility index (Phi) is 3.71. The number of hydrogen-bond acceptors (Lipinski definition) is 4. The molecule has 1 aromatic heterocycles. The summed E-state index contributed by atoms with van der Waals surface area (Å²) in [4.78, 5) is 23.8. The van der Waals surface area contributed by atoms with Crippen molar-refractivity contribution >= 4 is 22.8 Å². The van der Waals surface area contributed by atoms with Crippen molar-refractivity contribution in [3.05, 3.63) is 28.7 Å². The van der Waals surface area contributed by atoms with Crippen LogP contribution < -0.4 is 16.4 Å². The highest BCUT2D eigenvalue weighted by Crippen LogP contribution is 2.51. The van der Waals surface area contributed by atoms with E-state index in [1.54, 1.807) is 32.4 Å². The van der Waals surface area contributed by atoms with Gasteiger partial charge in [0, 0.05) is 37.4 Å². The maximum absolute atomic E-state index is 12.3. The predicted octanol–water partition coefficient (Wildman–Crippen LogP) is 2.46. The van der Waals surface area contributed by atoms with Crippen LogP contribution in [0.3, 0.4) is 0 Å². The number of benzene rings is 1. The Hall–Kier alpha value is -2.28.